The second-order valence-electron chi connectivity index (χ2n) is 4.14. The molecule has 1 aromatic carbocycles. The summed E-state index contributed by atoms with van der Waals surface area (Å²) < 4.78 is 0. The Kier molecular flexibility index (Phi) is 2.68. The minimum absolute atomic E-state index is 0.143. The summed E-state index contributed by atoms with van der Waals surface area (Å²) in [5.41, 5.74) is 1.07. The van der Waals surface area contributed by atoms with E-state index in [1.807, 2.05) is 6.07 Å². The Balaban J connectivity index is 2.19. The molecule has 0 radical (unpaired) electrons. The first kappa shape index (κ1) is 11.3. The first-order chi connectivity index (χ1) is 9.27. The number of aromatic amines is 1. The van der Waals surface area contributed by atoms with Gasteiger partial charge in [0.1, 0.15) is 0 Å². The van der Waals surface area contributed by atoms with Crippen LogP contribution in [0.3, 0.4) is 0 Å². The molecule has 0 saturated carbocycles. The van der Waals surface area contributed by atoms with E-state index in [9.17, 15) is 9.59 Å². The molecule has 3 rings (SSSR count). The van der Waals surface area contributed by atoms with Crippen molar-refractivity contribution < 1.29 is 4.79 Å². The van der Waals surface area contributed by atoms with E-state index in [0.29, 0.717) is 10.9 Å². The van der Waals surface area contributed by atoms with Gasteiger partial charge in [0.2, 0.25) is 5.43 Å². The molecule has 3 aromatic rings. The third-order valence-corrected chi connectivity index (χ3v) is 2.98. The van der Waals surface area contributed by atoms with Crippen LogP contribution in [-0.4, -0.2) is 15.8 Å². The molecule has 0 bridgehead atoms. The van der Waals surface area contributed by atoms with Gasteiger partial charge in [-0.1, -0.05) is 12.1 Å². The van der Waals surface area contributed by atoms with Crippen LogP contribution in [0.5, 0.6) is 0 Å². The van der Waals surface area contributed by atoms with Crippen LogP contribution in [0.15, 0.2) is 59.8 Å². The number of benzene rings is 1. The standard InChI is InChI=1S/C15H10N2O2/c18-14(10-5-7-16-8-6-10)12-9-17-13-4-2-1-3-11(13)15(12)19/h1-9H,(H,17,19). The van der Waals surface area contributed by atoms with Crippen LogP contribution in [-0.2, 0) is 0 Å². The number of carbonyl (C=O) groups excluding carboxylic acids is 1. The quantitative estimate of drug-likeness (QED) is 0.709. The second kappa shape index (κ2) is 4.49. The third-order valence-electron chi connectivity index (χ3n) is 2.98. The van der Waals surface area contributed by atoms with Gasteiger partial charge in [-0.05, 0) is 24.3 Å². The van der Waals surface area contributed by atoms with Crippen molar-refractivity contribution in [3.05, 3.63) is 76.3 Å². The van der Waals surface area contributed by atoms with Crippen LogP contribution in [0.4, 0.5) is 0 Å². The summed E-state index contributed by atoms with van der Waals surface area (Å²) in [6.45, 7) is 0. The van der Waals surface area contributed by atoms with Crippen LogP contribution in [0.1, 0.15) is 15.9 Å². The van der Waals surface area contributed by atoms with Crippen molar-refractivity contribution in [2.24, 2.45) is 0 Å². The molecule has 1 N–H and O–H groups in total. The topological polar surface area (TPSA) is 62.8 Å². The molecule has 92 valence electrons. The van der Waals surface area contributed by atoms with Crippen LogP contribution in [0, 0.1) is 0 Å². The predicted octanol–water partition coefficient (Wildman–Crippen LogP) is 2.15. The normalized spacial score (nSPS) is 10.5. The molecule has 0 amide bonds. The minimum Gasteiger partial charge on any atom is -0.360 e. The molecular weight excluding hydrogens is 240 g/mol. The molecule has 0 aliphatic rings. The molecule has 2 heterocycles. The monoisotopic (exact) mass is 250 g/mol. The lowest BCUT2D eigenvalue weighted by Crippen LogP contribution is -2.16. The molecule has 0 aliphatic carbocycles. The maximum atomic E-state index is 12.3. The second-order valence-corrected chi connectivity index (χ2v) is 4.14. The molecule has 19 heavy (non-hydrogen) atoms. The molecule has 0 saturated heterocycles. The van der Waals surface area contributed by atoms with Crippen LogP contribution in [0.2, 0.25) is 0 Å². The molecule has 4 heteroatoms. The highest BCUT2D eigenvalue weighted by atomic mass is 16.1. The molecule has 2 aromatic heterocycles. The van der Waals surface area contributed by atoms with Gasteiger partial charge in [0, 0.05) is 35.1 Å². The molecule has 0 unspecified atom stereocenters. The van der Waals surface area contributed by atoms with Crippen molar-refractivity contribution in [1.29, 1.82) is 0 Å². The van der Waals surface area contributed by atoms with Crippen LogP contribution >= 0.6 is 0 Å². The van der Waals surface area contributed by atoms with Gasteiger partial charge in [-0.15, -0.1) is 0 Å². The number of H-pyrrole nitrogens is 1. The molecule has 0 atom stereocenters. The van der Waals surface area contributed by atoms with E-state index < -0.39 is 0 Å². The number of nitrogens with one attached hydrogen (secondary N) is 1. The van der Waals surface area contributed by atoms with Crippen molar-refractivity contribution in [3.8, 4) is 0 Å². The highest BCUT2D eigenvalue weighted by molar-refractivity contribution is 6.09. The van der Waals surface area contributed by atoms with Gasteiger partial charge < -0.3 is 4.98 Å². The Bertz CT molecular complexity index is 807. The average Bonchev–Trinajstić information content (AvgIpc) is 2.48. The van der Waals surface area contributed by atoms with Gasteiger partial charge in [0.05, 0.1) is 5.56 Å². The van der Waals surface area contributed by atoms with Crippen molar-refractivity contribution in [2.75, 3.05) is 0 Å². The Morgan fingerprint density at radius 2 is 1.79 bits per heavy atom. The van der Waals surface area contributed by atoms with E-state index in [1.165, 1.54) is 18.6 Å². The smallest absolute Gasteiger partial charge is 0.200 e. The predicted molar refractivity (Wildman–Crippen MR) is 72.2 cm³/mol. The fraction of sp³-hybridized carbons (Fsp3) is 0. The number of nitrogens with zero attached hydrogens (tertiary/aromatic N) is 1. The number of para-hydroxylation sites is 1. The SMILES string of the molecule is O=C(c1ccncc1)c1c[nH]c2ccccc2c1=O. The lowest BCUT2D eigenvalue weighted by molar-refractivity contribution is 0.103. The van der Waals surface area contributed by atoms with Crippen molar-refractivity contribution >= 4 is 16.7 Å². The maximum absolute atomic E-state index is 12.3. The number of fused-ring (bicyclic) bond motifs is 1. The summed E-state index contributed by atoms with van der Waals surface area (Å²) in [6.07, 6.45) is 4.53. The molecule has 0 fully saturated rings. The fourth-order valence-electron chi connectivity index (χ4n) is 1.99. The number of hydrogen-bond donors (Lipinski definition) is 1. The van der Waals surface area contributed by atoms with E-state index in [0.717, 1.165) is 5.52 Å². The number of rotatable bonds is 2. The lowest BCUT2D eigenvalue weighted by Gasteiger charge is -2.02. The van der Waals surface area contributed by atoms with Gasteiger partial charge in [-0.2, -0.15) is 0 Å². The van der Waals surface area contributed by atoms with Crippen LogP contribution in [0.25, 0.3) is 10.9 Å². The van der Waals surface area contributed by atoms with Gasteiger partial charge in [-0.25, -0.2) is 0 Å². The minimum atomic E-state index is -0.297. The summed E-state index contributed by atoms with van der Waals surface area (Å²) in [5, 5.41) is 0.516. The van der Waals surface area contributed by atoms with E-state index in [1.54, 1.807) is 30.3 Å². The zero-order valence-corrected chi connectivity index (χ0v) is 9.96. The van der Waals surface area contributed by atoms with Gasteiger partial charge >= 0.3 is 0 Å². The summed E-state index contributed by atoms with van der Waals surface area (Å²) in [4.78, 5) is 31.4. The molecular formula is C15H10N2O2. The van der Waals surface area contributed by atoms with Crippen molar-refractivity contribution in [3.63, 3.8) is 0 Å². The van der Waals surface area contributed by atoms with Gasteiger partial charge in [0.15, 0.2) is 5.78 Å². The lowest BCUT2D eigenvalue weighted by atomic mass is 10.0. The van der Waals surface area contributed by atoms with Gasteiger partial charge in [-0.3, -0.25) is 14.6 Å². The van der Waals surface area contributed by atoms with E-state index in [-0.39, 0.29) is 16.8 Å². The van der Waals surface area contributed by atoms with E-state index in [4.69, 9.17) is 0 Å². The summed E-state index contributed by atoms with van der Waals surface area (Å²) >= 11 is 0. The van der Waals surface area contributed by atoms with Gasteiger partial charge in [0.25, 0.3) is 0 Å². The Labute approximate surface area is 108 Å². The number of aromatic nitrogens is 2. The Morgan fingerprint density at radius 1 is 1.05 bits per heavy atom. The highest BCUT2D eigenvalue weighted by Crippen LogP contribution is 2.10. The number of ketones is 1. The highest BCUT2D eigenvalue weighted by Gasteiger charge is 2.14. The zero-order valence-electron chi connectivity index (χ0n) is 9.96. The number of carbonyl (C=O) groups is 1. The zero-order chi connectivity index (χ0) is 13.2. The third kappa shape index (κ3) is 1.93. The van der Waals surface area contributed by atoms with E-state index >= 15 is 0 Å². The maximum Gasteiger partial charge on any atom is 0.200 e. The van der Waals surface area contributed by atoms with E-state index in [2.05, 4.69) is 9.97 Å². The Hall–Kier alpha value is -2.75. The number of hydrogen-bond acceptors (Lipinski definition) is 3. The summed E-state index contributed by atoms with van der Waals surface area (Å²) in [6, 6.07) is 10.3. The van der Waals surface area contributed by atoms with Crippen LogP contribution < -0.4 is 5.43 Å². The molecule has 0 aliphatic heterocycles. The largest absolute Gasteiger partial charge is 0.360 e. The average molecular weight is 250 g/mol. The summed E-state index contributed by atoms with van der Waals surface area (Å²) in [5.74, 6) is -0.297. The first-order valence-corrected chi connectivity index (χ1v) is 5.82. The first-order valence-electron chi connectivity index (χ1n) is 5.82. The molecule has 0 spiro atoms. The summed E-state index contributed by atoms with van der Waals surface area (Å²) in [7, 11) is 0. The van der Waals surface area contributed by atoms with Crippen molar-refractivity contribution in [1.82, 2.24) is 9.97 Å². The fourth-order valence-corrected chi connectivity index (χ4v) is 1.99. The number of pyridine rings is 2. The van der Waals surface area contributed by atoms with Crippen molar-refractivity contribution in [2.45, 2.75) is 0 Å². The Morgan fingerprint density at radius 3 is 2.58 bits per heavy atom. The molecule has 4 nitrogen and oxygen atoms in total.